The first-order valence-electron chi connectivity index (χ1n) is 0.957. The van der Waals surface area contributed by atoms with Gasteiger partial charge in [0.2, 0.25) is 0 Å². The van der Waals surface area contributed by atoms with E-state index in [1.54, 1.807) is 0 Å². The molecule has 0 amide bonds. The fourth-order valence-corrected chi connectivity index (χ4v) is 0. The van der Waals surface area contributed by atoms with Crippen molar-refractivity contribution in [2.45, 2.75) is 0 Å². The SMILES string of the molecule is [Mn].[SiH3][AlH][Fe]. The van der Waals surface area contributed by atoms with Crippen LogP contribution in [-0.2, 0) is 31.2 Å². The first kappa shape index (κ1) is 9.25. The van der Waals surface area contributed by atoms with E-state index in [1.807, 2.05) is 0 Å². The van der Waals surface area contributed by atoms with Crippen molar-refractivity contribution in [3.05, 3.63) is 0 Å². The quantitative estimate of drug-likeness (QED) is 0.375. The molecule has 0 aromatic heterocycles. The van der Waals surface area contributed by atoms with Crippen molar-refractivity contribution in [3.63, 3.8) is 0 Å². The van der Waals surface area contributed by atoms with Crippen molar-refractivity contribution < 1.29 is 31.2 Å². The average molecular weight is 170 g/mol. The fourth-order valence-electron chi connectivity index (χ4n) is 0. The molecule has 0 atom stereocenters. The van der Waals surface area contributed by atoms with Crippen LogP contribution in [0.25, 0.3) is 0 Å². The van der Waals surface area contributed by atoms with Gasteiger partial charge in [-0.05, 0) is 0 Å². The molecule has 0 aromatic rings. The second-order valence-corrected chi connectivity index (χ2v) is 9.28. The van der Waals surface area contributed by atoms with E-state index in [2.05, 4.69) is 14.1 Å². The third kappa shape index (κ3) is 9.21. The van der Waals surface area contributed by atoms with Crippen LogP contribution in [0.4, 0.5) is 0 Å². The Balaban J connectivity index is 0. The molecule has 0 aliphatic rings. The summed E-state index contributed by atoms with van der Waals surface area (Å²) in [5, 5.41) is 0. The van der Waals surface area contributed by atoms with Crippen LogP contribution in [0, 0.1) is 0 Å². The molecule has 0 aliphatic carbocycles. The molecule has 4 heavy (non-hydrogen) atoms. The van der Waals surface area contributed by atoms with E-state index >= 15 is 0 Å². The van der Waals surface area contributed by atoms with Crippen molar-refractivity contribution in [1.29, 1.82) is 0 Å². The molecule has 0 nitrogen and oxygen atoms in total. The first-order chi connectivity index (χ1) is 1.41. The van der Waals surface area contributed by atoms with Gasteiger partial charge in [0.15, 0.2) is 0 Å². The summed E-state index contributed by atoms with van der Waals surface area (Å²) in [7, 11) is 1.40. The molecule has 0 heterocycles. The number of hydrogen-bond donors (Lipinski definition) is 0. The van der Waals surface area contributed by atoms with Crippen LogP contribution in [0.1, 0.15) is 0 Å². The second-order valence-electron chi connectivity index (χ2n) is 0.250. The second kappa shape index (κ2) is 8.84. The summed E-state index contributed by atoms with van der Waals surface area (Å²) in [6, 6.07) is 0. The predicted octanol–water partition coefficient (Wildman–Crippen LogP) is -1.84. The van der Waals surface area contributed by atoms with Crippen LogP contribution in [0.3, 0.4) is 0 Å². The van der Waals surface area contributed by atoms with Gasteiger partial charge in [0, 0.05) is 17.1 Å². The fraction of sp³-hybridized carbons (Fsp3) is 0. The molecule has 0 rings (SSSR count). The molecule has 0 unspecified atom stereocenters. The van der Waals surface area contributed by atoms with E-state index in [1.165, 1.54) is 8.80 Å². The Labute approximate surface area is 52.5 Å². The minimum absolute atomic E-state index is 0. The van der Waals surface area contributed by atoms with E-state index in [-0.39, 0.29) is 17.1 Å². The Kier molecular flexibility index (Phi) is 20.4. The van der Waals surface area contributed by atoms with Gasteiger partial charge < -0.3 is 0 Å². The summed E-state index contributed by atoms with van der Waals surface area (Å²) in [6.45, 7) is 0. The molecule has 0 saturated carbocycles. The van der Waals surface area contributed by atoms with Crippen LogP contribution in [-0.4, -0.2) is 21.5 Å². The van der Waals surface area contributed by atoms with Crippen LogP contribution in [0.2, 0.25) is 0 Å². The molecule has 0 fully saturated rings. The molecule has 0 spiro atoms. The van der Waals surface area contributed by atoms with Gasteiger partial charge in [0.05, 0.1) is 0 Å². The molecule has 1 radical (unpaired) electrons. The summed E-state index contributed by atoms with van der Waals surface area (Å²) < 4.78 is 0. The zero-order valence-electron chi connectivity index (χ0n) is 2.44. The molecular weight excluding hydrogens is 166 g/mol. The Morgan fingerprint density at radius 2 is 1.75 bits per heavy atom. The minimum atomic E-state index is 0. The zero-order chi connectivity index (χ0) is 2.71. The Morgan fingerprint density at radius 3 is 1.75 bits per heavy atom. The summed E-state index contributed by atoms with van der Waals surface area (Å²) in [5.74, 6) is 0. The van der Waals surface area contributed by atoms with E-state index in [0.29, 0.717) is 12.7 Å². The Morgan fingerprint density at radius 1 is 1.75 bits per heavy atom. The van der Waals surface area contributed by atoms with Gasteiger partial charge in [-0.2, -0.15) is 0 Å². The van der Waals surface area contributed by atoms with Crippen LogP contribution >= 0.6 is 0 Å². The standard InChI is InChI=1S/Al.Fe.Mn.H3Si.H/h;;;1H3;. The maximum atomic E-state index is 3.69. The van der Waals surface area contributed by atoms with Gasteiger partial charge in [-0.1, -0.05) is 0 Å². The van der Waals surface area contributed by atoms with E-state index in [0.717, 1.165) is 0 Å². The molecule has 4 heteroatoms. The van der Waals surface area contributed by atoms with Crippen molar-refractivity contribution in [1.82, 2.24) is 0 Å². The topological polar surface area (TPSA) is 0 Å². The van der Waals surface area contributed by atoms with Gasteiger partial charge in [0.1, 0.15) is 0 Å². The Bertz CT molecular complexity index is 8.00. The van der Waals surface area contributed by atoms with E-state index in [4.69, 9.17) is 0 Å². The van der Waals surface area contributed by atoms with Crippen LogP contribution in [0.15, 0.2) is 0 Å². The molecule has 26 valence electrons. The van der Waals surface area contributed by atoms with Crippen molar-refractivity contribution in [3.8, 4) is 0 Å². The first-order valence-corrected chi connectivity index (χ1v) is 9.46. The third-order valence-electron chi connectivity index (χ3n) is 0. The van der Waals surface area contributed by atoms with Gasteiger partial charge >= 0.3 is 35.7 Å². The summed E-state index contributed by atoms with van der Waals surface area (Å²) >= 11 is 3.99. The van der Waals surface area contributed by atoms with Crippen molar-refractivity contribution in [2.24, 2.45) is 0 Å². The summed E-state index contributed by atoms with van der Waals surface area (Å²) in [6.07, 6.45) is 0. The molecule has 0 saturated heterocycles. The van der Waals surface area contributed by atoms with Gasteiger partial charge in [0.25, 0.3) is 0 Å². The monoisotopic (exact) mass is 170 g/mol. The van der Waals surface area contributed by atoms with Crippen LogP contribution in [0.5, 0.6) is 0 Å². The van der Waals surface area contributed by atoms with Crippen molar-refractivity contribution >= 4 is 21.5 Å². The van der Waals surface area contributed by atoms with Gasteiger partial charge in [-0.25, -0.2) is 0 Å². The van der Waals surface area contributed by atoms with Crippen molar-refractivity contribution in [2.75, 3.05) is 0 Å². The number of hydrogen-bond acceptors (Lipinski definition) is 0. The Hall–Kier alpha value is 1.79. The summed E-state index contributed by atoms with van der Waals surface area (Å²) in [5.41, 5.74) is 0. The van der Waals surface area contributed by atoms with E-state index < -0.39 is 0 Å². The molecule has 0 bridgehead atoms. The average Bonchev–Trinajstić information content (AvgIpc) is 0.918. The molecule has 0 aliphatic heterocycles. The van der Waals surface area contributed by atoms with Crippen LogP contribution < -0.4 is 0 Å². The molecule has 0 N–H and O–H groups in total. The predicted molar refractivity (Wildman–Crippen MR) is 17.1 cm³/mol. The van der Waals surface area contributed by atoms with Gasteiger partial charge in [-0.3, -0.25) is 0 Å². The third-order valence-corrected chi connectivity index (χ3v) is 0. The van der Waals surface area contributed by atoms with E-state index in [9.17, 15) is 0 Å². The van der Waals surface area contributed by atoms with Gasteiger partial charge in [-0.15, -0.1) is 0 Å². The molecule has 0 aromatic carbocycles. The molecular formula is H4AlFeMnSi. The summed E-state index contributed by atoms with van der Waals surface area (Å²) in [4.78, 5) is 0. The normalized spacial score (nSPS) is 4.25. The maximum absolute atomic E-state index is 3.69. The number of rotatable bonds is 0. The zero-order valence-corrected chi connectivity index (χ0v) is 8.14.